The minimum absolute atomic E-state index is 1.12. The highest BCUT2D eigenvalue weighted by Crippen LogP contribution is 2.46. The van der Waals surface area contributed by atoms with Gasteiger partial charge in [0.05, 0.1) is 11.4 Å². The van der Waals surface area contributed by atoms with Crippen LogP contribution in [0.25, 0.3) is 73.4 Å². The molecule has 3 heteroatoms. The predicted molar refractivity (Wildman–Crippen MR) is 215 cm³/mol. The van der Waals surface area contributed by atoms with E-state index < -0.39 is 0 Å². The first kappa shape index (κ1) is 28.3. The minimum atomic E-state index is 1.12. The van der Waals surface area contributed by atoms with Crippen LogP contribution in [0.2, 0.25) is 0 Å². The molecule has 0 spiro atoms. The second kappa shape index (κ2) is 11.5. The van der Waals surface area contributed by atoms with Gasteiger partial charge in [-0.05, 0) is 76.7 Å². The number of thiophene rings is 2. The second-order valence-corrected chi connectivity index (χ2v) is 14.7. The van der Waals surface area contributed by atoms with Crippen LogP contribution >= 0.6 is 22.7 Å². The van der Waals surface area contributed by atoms with Crippen molar-refractivity contribution in [2.75, 3.05) is 4.90 Å². The molecule has 0 amide bonds. The highest BCUT2D eigenvalue weighted by Gasteiger charge is 2.20. The van der Waals surface area contributed by atoms with Gasteiger partial charge in [0.2, 0.25) is 0 Å². The summed E-state index contributed by atoms with van der Waals surface area (Å²) in [4.78, 5) is 2.44. The SMILES string of the molecule is c1ccc(N(c2ccc(-c3cccc4sc5ccccc5c34)cc2)c2cccc3ccccc23)c(-c2ccc3sc4ccccc4c3c2)c1. The summed E-state index contributed by atoms with van der Waals surface area (Å²) < 4.78 is 5.29. The normalized spacial score (nSPS) is 11.7. The van der Waals surface area contributed by atoms with Crippen molar-refractivity contribution in [1.82, 2.24) is 0 Å². The monoisotopic (exact) mass is 659 g/mol. The first-order valence-electron chi connectivity index (χ1n) is 16.6. The molecule has 0 fully saturated rings. The molecular formula is C46H29NS2. The molecule has 0 atom stereocenters. The van der Waals surface area contributed by atoms with Gasteiger partial charge in [-0.2, -0.15) is 0 Å². The Balaban J connectivity index is 1.17. The van der Waals surface area contributed by atoms with Gasteiger partial charge in [0.25, 0.3) is 0 Å². The number of anilines is 3. The highest BCUT2D eigenvalue weighted by molar-refractivity contribution is 7.26. The van der Waals surface area contributed by atoms with Gasteiger partial charge in [-0.1, -0.05) is 121 Å². The Kier molecular flexibility index (Phi) is 6.61. The van der Waals surface area contributed by atoms with E-state index in [4.69, 9.17) is 0 Å². The lowest BCUT2D eigenvalue weighted by molar-refractivity contribution is 1.30. The third kappa shape index (κ3) is 4.66. The van der Waals surface area contributed by atoms with Gasteiger partial charge in [-0.15, -0.1) is 22.7 Å². The van der Waals surface area contributed by atoms with Gasteiger partial charge in [0, 0.05) is 57.0 Å². The number of nitrogens with zero attached hydrogens (tertiary/aromatic N) is 1. The van der Waals surface area contributed by atoms with E-state index in [0.29, 0.717) is 0 Å². The molecule has 2 aromatic heterocycles. The molecule has 230 valence electrons. The maximum Gasteiger partial charge on any atom is 0.0540 e. The Labute approximate surface area is 292 Å². The van der Waals surface area contributed by atoms with E-state index in [9.17, 15) is 0 Å². The number of fused-ring (bicyclic) bond motifs is 7. The Morgan fingerprint density at radius 3 is 1.80 bits per heavy atom. The van der Waals surface area contributed by atoms with E-state index >= 15 is 0 Å². The Bertz CT molecular complexity index is 2830. The van der Waals surface area contributed by atoms with Crippen molar-refractivity contribution >= 4 is 90.9 Å². The summed E-state index contributed by atoms with van der Waals surface area (Å²) in [5.74, 6) is 0. The molecule has 0 bridgehead atoms. The summed E-state index contributed by atoms with van der Waals surface area (Å²) in [6.45, 7) is 0. The van der Waals surface area contributed by atoms with Crippen molar-refractivity contribution in [3.8, 4) is 22.3 Å². The Morgan fingerprint density at radius 1 is 0.347 bits per heavy atom. The summed E-state index contributed by atoms with van der Waals surface area (Å²) in [5, 5.41) is 7.73. The maximum absolute atomic E-state index is 2.44. The summed E-state index contributed by atoms with van der Waals surface area (Å²) in [6.07, 6.45) is 0. The van der Waals surface area contributed by atoms with Crippen LogP contribution in [0.4, 0.5) is 17.1 Å². The highest BCUT2D eigenvalue weighted by atomic mass is 32.1. The summed E-state index contributed by atoms with van der Waals surface area (Å²) in [7, 11) is 0. The van der Waals surface area contributed by atoms with Crippen LogP contribution in [0, 0.1) is 0 Å². The van der Waals surface area contributed by atoms with Crippen LogP contribution in [0.15, 0.2) is 176 Å². The largest absolute Gasteiger partial charge is 0.309 e. The molecule has 10 rings (SSSR count). The van der Waals surface area contributed by atoms with Crippen LogP contribution < -0.4 is 4.90 Å². The molecule has 0 N–H and O–H groups in total. The standard InChI is InChI=1S/C46H29NS2/c1-2-13-34-30(11-1)12-9-19-41(34)47(33-26-23-31(24-27-33)36-17-10-22-45-46(36)38-16-5-8-21-43(38)49-45)40-18-6-3-14-35(40)32-25-28-44-39(29-32)37-15-4-7-20-42(37)48-44/h1-29H. The van der Waals surface area contributed by atoms with Gasteiger partial charge in [-0.3, -0.25) is 0 Å². The van der Waals surface area contributed by atoms with Gasteiger partial charge >= 0.3 is 0 Å². The van der Waals surface area contributed by atoms with Crippen molar-refractivity contribution in [1.29, 1.82) is 0 Å². The van der Waals surface area contributed by atoms with Crippen molar-refractivity contribution in [2.45, 2.75) is 0 Å². The van der Waals surface area contributed by atoms with Crippen LogP contribution in [-0.4, -0.2) is 0 Å². The van der Waals surface area contributed by atoms with Gasteiger partial charge in [0.1, 0.15) is 0 Å². The number of benzene rings is 8. The average Bonchev–Trinajstić information content (AvgIpc) is 3.74. The van der Waals surface area contributed by atoms with Crippen LogP contribution in [0.5, 0.6) is 0 Å². The molecule has 10 aromatic rings. The van der Waals surface area contributed by atoms with E-state index in [-0.39, 0.29) is 0 Å². The van der Waals surface area contributed by atoms with E-state index in [1.165, 1.54) is 73.4 Å². The van der Waals surface area contributed by atoms with Crippen molar-refractivity contribution in [3.63, 3.8) is 0 Å². The summed E-state index contributed by atoms with van der Waals surface area (Å²) in [6, 6.07) is 64.5. The van der Waals surface area contributed by atoms with E-state index in [0.717, 1.165) is 17.1 Å². The summed E-state index contributed by atoms with van der Waals surface area (Å²) >= 11 is 3.73. The van der Waals surface area contributed by atoms with Gasteiger partial charge in [-0.25, -0.2) is 0 Å². The van der Waals surface area contributed by atoms with Crippen molar-refractivity contribution in [3.05, 3.63) is 176 Å². The Morgan fingerprint density at radius 2 is 0.918 bits per heavy atom. The van der Waals surface area contributed by atoms with Crippen molar-refractivity contribution in [2.24, 2.45) is 0 Å². The van der Waals surface area contributed by atoms with E-state index in [2.05, 4.69) is 181 Å². The lowest BCUT2D eigenvalue weighted by Gasteiger charge is -2.29. The molecular weight excluding hydrogens is 631 g/mol. The second-order valence-electron chi connectivity index (χ2n) is 12.5. The molecule has 0 unspecified atom stereocenters. The van der Waals surface area contributed by atoms with E-state index in [1.54, 1.807) is 0 Å². The van der Waals surface area contributed by atoms with Crippen LogP contribution in [-0.2, 0) is 0 Å². The third-order valence-electron chi connectivity index (χ3n) is 9.68. The zero-order valence-electron chi connectivity index (χ0n) is 26.5. The molecule has 1 nitrogen and oxygen atoms in total. The van der Waals surface area contributed by atoms with E-state index in [1.807, 2.05) is 22.7 Å². The third-order valence-corrected chi connectivity index (χ3v) is 12.0. The first-order valence-corrected chi connectivity index (χ1v) is 18.2. The molecule has 0 radical (unpaired) electrons. The predicted octanol–water partition coefficient (Wildman–Crippen LogP) is 14.4. The number of rotatable bonds is 5. The molecule has 2 heterocycles. The number of para-hydroxylation sites is 1. The summed E-state index contributed by atoms with van der Waals surface area (Å²) in [5.41, 5.74) is 8.34. The smallest absolute Gasteiger partial charge is 0.0540 e. The molecule has 0 saturated heterocycles. The fourth-order valence-electron chi connectivity index (χ4n) is 7.42. The van der Waals surface area contributed by atoms with Gasteiger partial charge < -0.3 is 4.90 Å². The molecule has 0 saturated carbocycles. The van der Waals surface area contributed by atoms with Crippen LogP contribution in [0.1, 0.15) is 0 Å². The topological polar surface area (TPSA) is 3.24 Å². The number of hydrogen-bond donors (Lipinski definition) is 0. The molecule has 0 aliphatic carbocycles. The Hall–Kier alpha value is -5.74. The molecule has 8 aromatic carbocycles. The fourth-order valence-corrected chi connectivity index (χ4v) is 9.64. The fraction of sp³-hybridized carbons (Fsp3) is 0. The lowest BCUT2D eigenvalue weighted by atomic mass is 9.97. The average molecular weight is 660 g/mol. The van der Waals surface area contributed by atoms with Crippen LogP contribution in [0.3, 0.4) is 0 Å². The zero-order chi connectivity index (χ0) is 32.3. The zero-order valence-corrected chi connectivity index (χ0v) is 28.1. The molecule has 49 heavy (non-hydrogen) atoms. The number of hydrogen-bond acceptors (Lipinski definition) is 3. The molecule has 0 aliphatic heterocycles. The first-order chi connectivity index (χ1) is 24.3. The molecule has 0 aliphatic rings. The maximum atomic E-state index is 2.44. The minimum Gasteiger partial charge on any atom is -0.309 e. The quantitative estimate of drug-likeness (QED) is 0.178. The lowest BCUT2D eigenvalue weighted by Crippen LogP contribution is -2.11. The van der Waals surface area contributed by atoms with Crippen molar-refractivity contribution < 1.29 is 0 Å². The van der Waals surface area contributed by atoms with Gasteiger partial charge in [0.15, 0.2) is 0 Å².